The lowest BCUT2D eigenvalue weighted by Crippen LogP contribution is -2.30. The van der Waals surface area contributed by atoms with E-state index >= 15 is 0 Å². The van der Waals surface area contributed by atoms with E-state index in [-0.39, 0.29) is 0 Å². The Balaban J connectivity index is 4.07. The summed E-state index contributed by atoms with van der Waals surface area (Å²) >= 11 is 3.40. The first-order chi connectivity index (χ1) is 5.67. The zero-order valence-electron chi connectivity index (χ0n) is 8.80. The van der Waals surface area contributed by atoms with Crippen LogP contribution in [0.15, 0.2) is 0 Å². The summed E-state index contributed by atoms with van der Waals surface area (Å²) in [6, 6.07) is 0. The summed E-state index contributed by atoms with van der Waals surface area (Å²) in [5.74, 6) is 0.298. The zero-order valence-corrected chi connectivity index (χ0v) is 11.2. The minimum atomic E-state index is -2.91. The molecule has 0 spiro atoms. The molecule has 0 aliphatic heterocycles. The molecule has 80 valence electrons. The Morgan fingerprint density at radius 2 is 1.77 bits per heavy atom. The van der Waals surface area contributed by atoms with E-state index in [1.165, 1.54) is 0 Å². The molecule has 2 nitrogen and oxygen atoms in total. The summed E-state index contributed by atoms with van der Waals surface area (Å²) in [7, 11) is -2.91. The molecule has 0 radical (unpaired) electrons. The van der Waals surface area contributed by atoms with Crippen molar-refractivity contribution in [2.45, 2.75) is 50.1 Å². The number of sulfone groups is 1. The molecule has 0 aromatic rings. The first kappa shape index (κ1) is 13.4. The van der Waals surface area contributed by atoms with Crippen molar-refractivity contribution in [2.24, 2.45) is 0 Å². The van der Waals surface area contributed by atoms with Crippen LogP contribution >= 0.6 is 15.9 Å². The quantitative estimate of drug-likeness (QED) is 0.737. The molecule has 0 aromatic heterocycles. The fraction of sp³-hybridized carbons (Fsp3) is 1.00. The van der Waals surface area contributed by atoms with E-state index in [4.69, 9.17) is 0 Å². The smallest absolute Gasteiger partial charge is 0.155 e. The molecule has 0 aliphatic rings. The van der Waals surface area contributed by atoms with E-state index in [1.807, 2.05) is 6.92 Å². The summed E-state index contributed by atoms with van der Waals surface area (Å²) in [5.41, 5.74) is 0. The van der Waals surface area contributed by atoms with Gasteiger partial charge in [-0.3, -0.25) is 0 Å². The van der Waals surface area contributed by atoms with Crippen molar-refractivity contribution >= 4 is 25.8 Å². The number of alkyl halides is 1. The van der Waals surface area contributed by atoms with Crippen LogP contribution in [0.4, 0.5) is 0 Å². The Morgan fingerprint density at radius 3 is 2.08 bits per heavy atom. The number of hydrogen-bond acceptors (Lipinski definition) is 2. The third-order valence-corrected chi connectivity index (χ3v) is 5.10. The lowest BCUT2D eigenvalue weighted by Gasteiger charge is -2.19. The van der Waals surface area contributed by atoms with Gasteiger partial charge in [0.15, 0.2) is 9.84 Å². The van der Waals surface area contributed by atoms with Gasteiger partial charge in [-0.2, -0.15) is 0 Å². The van der Waals surface area contributed by atoms with E-state index in [0.717, 1.165) is 12.8 Å². The molecule has 0 aromatic carbocycles. The average molecular weight is 271 g/mol. The molecule has 1 unspecified atom stereocenters. The molecule has 1 atom stereocenters. The molecule has 4 heteroatoms. The highest BCUT2D eigenvalue weighted by molar-refractivity contribution is 9.09. The van der Waals surface area contributed by atoms with Crippen molar-refractivity contribution in [1.82, 2.24) is 0 Å². The number of hydrogen-bond donors (Lipinski definition) is 0. The Kier molecular flexibility index (Phi) is 4.94. The van der Waals surface area contributed by atoms with Gasteiger partial charge in [0.25, 0.3) is 0 Å². The topological polar surface area (TPSA) is 34.1 Å². The van der Waals surface area contributed by atoms with Gasteiger partial charge in [0.2, 0.25) is 0 Å². The van der Waals surface area contributed by atoms with Crippen molar-refractivity contribution in [3.63, 3.8) is 0 Å². The monoisotopic (exact) mass is 270 g/mol. The standard InChI is InChI=1S/C9H19BrO2S/c1-8(10)6-5-7-13(11,12)9(2,3)4/h8H,5-7H2,1-4H3. The molecule has 0 N–H and O–H groups in total. The first-order valence-corrected chi connectivity index (χ1v) is 7.10. The summed E-state index contributed by atoms with van der Waals surface area (Å²) in [5, 5.41) is 0. The highest BCUT2D eigenvalue weighted by atomic mass is 79.9. The fourth-order valence-electron chi connectivity index (χ4n) is 0.861. The van der Waals surface area contributed by atoms with Crippen LogP contribution in [0.5, 0.6) is 0 Å². The van der Waals surface area contributed by atoms with Crippen LogP contribution in [0.2, 0.25) is 0 Å². The van der Waals surface area contributed by atoms with Crippen LogP contribution in [-0.2, 0) is 9.84 Å². The van der Waals surface area contributed by atoms with E-state index < -0.39 is 14.6 Å². The summed E-state index contributed by atoms with van der Waals surface area (Å²) in [6.45, 7) is 7.28. The summed E-state index contributed by atoms with van der Waals surface area (Å²) in [6.07, 6.45) is 1.65. The molecule has 13 heavy (non-hydrogen) atoms. The molecule has 0 aliphatic carbocycles. The van der Waals surface area contributed by atoms with Gasteiger partial charge in [-0.15, -0.1) is 0 Å². The van der Waals surface area contributed by atoms with Crippen molar-refractivity contribution in [3.8, 4) is 0 Å². The lowest BCUT2D eigenvalue weighted by molar-refractivity contribution is 0.556. The van der Waals surface area contributed by atoms with Crippen molar-refractivity contribution in [3.05, 3.63) is 0 Å². The van der Waals surface area contributed by atoms with Gasteiger partial charge in [-0.05, 0) is 33.6 Å². The van der Waals surface area contributed by atoms with Crippen LogP contribution in [0, 0.1) is 0 Å². The molecule has 0 rings (SSSR count). The van der Waals surface area contributed by atoms with Crippen LogP contribution < -0.4 is 0 Å². The second kappa shape index (κ2) is 4.78. The van der Waals surface area contributed by atoms with E-state index in [2.05, 4.69) is 15.9 Å². The van der Waals surface area contributed by atoms with Crippen molar-refractivity contribution < 1.29 is 8.42 Å². The molecule has 0 heterocycles. The SMILES string of the molecule is CC(Br)CCCS(=O)(=O)C(C)(C)C. The Labute approximate surface area is 90.2 Å². The van der Waals surface area contributed by atoms with Gasteiger partial charge in [0, 0.05) is 4.83 Å². The number of halogens is 1. The molecular formula is C9H19BrO2S. The van der Waals surface area contributed by atoms with E-state index in [1.54, 1.807) is 20.8 Å². The van der Waals surface area contributed by atoms with Gasteiger partial charge < -0.3 is 0 Å². The molecule has 0 bridgehead atoms. The molecule has 0 saturated heterocycles. The van der Waals surface area contributed by atoms with Gasteiger partial charge in [0.1, 0.15) is 0 Å². The lowest BCUT2D eigenvalue weighted by atomic mass is 10.3. The highest BCUT2D eigenvalue weighted by Crippen LogP contribution is 2.18. The second-order valence-electron chi connectivity index (χ2n) is 4.35. The van der Waals surface area contributed by atoms with Gasteiger partial charge in [0.05, 0.1) is 10.5 Å². The molecular weight excluding hydrogens is 252 g/mol. The van der Waals surface area contributed by atoms with E-state index in [0.29, 0.717) is 10.6 Å². The molecule has 0 fully saturated rings. The molecule has 0 saturated carbocycles. The van der Waals surface area contributed by atoms with Crippen molar-refractivity contribution in [1.29, 1.82) is 0 Å². The largest absolute Gasteiger partial charge is 0.228 e. The maximum atomic E-state index is 11.6. The zero-order chi connectivity index (χ0) is 10.7. The predicted molar refractivity (Wildman–Crippen MR) is 61.2 cm³/mol. The number of rotatable bonds is 4. The normalized spacial score (nSPS) is 15.8. The predicted octanol–water partition coefficient (Wildman–Crippen LogP) is 2.76. The van der Waals surface area contributed by atoms with Crippen LogP contribution in [0.3, 0.4) is 0 Å². The Hall–Kier alpha value is 0.430. The van der Waals surface area contributed by atoms with Crippen molar-refractivity contribution in [2.75, 3.05) is 5.75 Å². The van der Waals surface area contributed by atoms with Crippen LogP contribution in [0.25, 0.3) is 0 Å². The maximum Gasteiger partial charge on any atom is 0.155 e. The third-order valence-electron chi connectivity index (χ3n) is 1.95. The Bertz CT molecular complexity index is 237. The second-order valence-corrected chi connectivity index (χ2v) is 8.78. The highest BCUT2D eigenvalue weighted by Gasteiger charge is 2.27. The summed E-state index contributed by atoms with van der Waals surface area (Å²) in [4.78, 5) is 0.405. The maximum absolute atomic E-state index is 11.6. The van der Waals surface area contributed by atoms with Gasteiger partial charge in [-0.25, -0.2) is 8.42 Å². The first-order valence-electron chi connectivity index (χ1n) is 4.53. The fourth-order valence-corrected chi connectivity index (χ4v) is 2.34. The molecule has 0 amide bonds. The third kappa shape index (κ3) is 5.01. The van der Waals surface area contributed by atoms with Crippen LogP contribution in [0.1, 0.15) is 40.5 Å². The minimum absolute atomic E-state index is 0.298. The van der Waals surface area contributed by atoms with E-state index in [9.17, 15) is 8.42 Å². The minimum Gasteiger partial charge on any atom is -0.228 e. The van der Waals surface area contributed by atoms with Gasteiger partial charge in [-0.1, -0.05) is 22.9 Å². The summed E-state index contributed by atoms with van der Waals surface area (Å²) < 4.78 is 22.6. The van der Waals surface area contributed by atoms with Crippen LogP contribution in [-0.4, -0.2) is 23.7 Å². The average Bonchev–Trinajstić information content (AvgIpc) is 1.82. The van der Waals surface area contributed by atoms with Gasteiger partial charge >= 0.3 is 0 Å². The Morgan fingerprint density at radius 1 is 1.31 bits per heavy atom.